The third-order valence-corrected chi connectivity index (χ3v) is 3.97. The lowest BCUT2D eigenvalue weighted by molar-refractivity contribution is -0.122. The Morgan fingerprint density at radius 3 is 2.59 bits per heavy atom. The van der Waals surface area contributed by atoms with Crippen LogP contribution < -0.4 is 21.2 Å². The number of para-hydroxylation sites is 2. The van der Waals surface area contributed by atoms with E-state index in [0.29, 0.717) is 17.2 Å². The first-order valence-electron chi connectivity index (χ1n) is 8.27. The van der Waals surface area contributed by atoms with Crippen LogP contribution in [0.25, 0.3) is 5.69 Å². The van der Waals surface area contributed by atoms with Crippen LogP contribution in [0.3, 0.4) is 0 Å². The predicted octanol–water partition coefficient (Wildman–Crippen LogP) is 1.23. The Bertz CT molecular complexity index is 1080. The van der Waals surface area contributed by atoms with Crippen LogP contribution in [0, 0.1) is 6.92 Å². The molecule has 0 atom stereocenters. The van der Waals surface area contributed by atoms with Gasteiger partial charge in [-0.05, 0) is 31.2 Å². The molecule has 2 heterocycles. The molecule has 0 saturated heterocycles. The van der Waals surface area contributed by atoms with Gasteiger partial charge in [0.25, 0.3) is 0 Å². The van der Waals surface area contributed by atoms with Gasteiger partial charge in [0.2, 0.25) is 5.91 Å². The number of benzene rings is 1. The maximum absolute atomic E-state index is 12.4. The van der Waals surface area contributed by atoms with Gasteiger partial charge in [-0.1, -0.05) is 12.1 Å². The Hall–Kier alpha value is -3.55. The van der Waals surface area contributed by atoms with Gasteiger partial charge in [0, 0.05) is 12.4 Å². The van der Waals surface area contributed by atoms with Gasteiger partial charge in [-0.25, -0.2) is 0 Å². The lowest BCUT2D eigenvalue weighted by Gasteiger charge is -2.12. The molecule has 0 fully saturated rings. The fourth-order valence-electron chi connectivity index (χ4n) is 2.63. The van der Waals surface area contributed by atoms with Crippen molar-refractivity contribution in [2.75, 3.05) is 7.11 Å². The molecule has 0 aliphatic rings. The zero-order valence-corrected chi connectivity index (χ0v) is 15.0. The summed E-state index contributed by atoms with van der Waals surface area (Å²) in [7, 11) is 1.48. The van der Waals surface area contributed by atoms with Gasteiger partial charge < -0.3 is 14.5 Å². The molecular formula is C19H19N3O5. The number of nitrogens with one attached hydrogen (secondary N) is 1. The SMILES string of the molecule is COc1ccccc1-n1ccn(CC(=O)NCc2ccc(C)o2)c(=O)c1=O. The van der Waals surface area contributed by atoms with Crippen molar-refractivity contribution in [3.8, 4) is 11.4 Å². The monoisotopic (exact) mass is 369 g/mol. The van der Waals surface area contributed by atoms with Gasteiger partial charge in [0.1, 0.15) is 23.8 Å². The number of aryl methyl sites for hydroxylation is 1. The van der Waals surface area contributed by atoms with Gasteiger partial charge >= 0.3 is 11.1 Å². The number of furan rings is 1. The molecule has 3 rings (SSSR count). The fourth-order valence-corrected chi connectivity index (χ4v) is 2.63. The standard InChI is InChI=1S/C19H19N3O5/c1-13-7-8-14(27-13)11-20-17(23)12-21-9-10-22(19(25)18(21)24)15-5-3-4-6-16(15)26-2/h3-10H,11-12H2,1-2H3,(H,20,23). The van der Waals surface area contributed by atoms with E-state index in [1.165, 1.54) is 24.1 Å². The Balaban J connectivity index is 1.78. The zero-order chi connectivity index (χ0) is 19.4. The van der Waals surface area contributed by atoms with Crippen LogP contribution in [0.2, 0.25) is 0 Å². The van der Waals surface area contributed by atoms with E-state index in [4.69, 9.17) is 9.15 Å². The van der Waals surface area contributed by atoms with Crippen molar-refractivity contribution in [2.24, 2.45) is 0 Å². The molecule has 0 unspecified atom stereocenters. The summed E-state index contributed by atoms with van der Waals surface area (Å²) < 4.78 is 12.9. The fraction of sp³-hybridized carbons (Fsp3) is 0.211. The number of hydrogen-bond acceptors (Lipinski definition) is 5. The van der Waals surface area contributed by atoms with Gasteiger partial charge in [-0.3, -0.25) is 23.5 Å². The molecule has 8 nitrogen and oxygen atoms in total. The third kappa shape index (κ3) is 4.00. The first-order chi connectivity index (χ1) is 13.0. The van der Waals surface area contributed by atoms with Crippen molar-refractivity contribution < 1.29 is 13.9 Å². The molecule has 1 aromatic carbocycles. The molecule has 27 heavy (non-hydrogen) atoms. The second-order valence-corrected chi connectivity index (χ2v) is 5.87. The van der Waals surface area contributed by atoms with E-state index < -0.39 is 17.0 Å². The summed E-state index contributed by atoms with van der Waals surface area (Å²) in [6, 6.07) is 10.4. The van der Waals surface area contributed by atoms with Gasteiger partial charge in [0.15, 0.2) is 0 Å². The van der Waals surface area contributed by atoms with E-state index in [1.807, 2.05) is 6.92 Å². The number of ether oxygens (including phenoxy) is 1. The Kier molecular flexibility index (Phi) is 5.25. The van der Waals surface area contributed by atoms with Crippen LogP contribution >= 0.6 is 0 Å². The van der Waals surface area contributed by atoms with Gasteiger partial charge in [0.05, 0.1) is 19.3 Å². The van der Waals surface area contributed by atoms with Crippen LogP contribution in [-0.4, -0.2) is 22.2 Å². The molecule has 1 amide bonds. The highest BCUT2D eigenvalue weighted by atomic mass is 16.5. The van der Waals surface area contributed by atoms with Crippen molar-refractivity contribution in [2.45, 2.75) is 20.0 Å². The summed E-state index contributed by atoms with van der Waals surface area (Å²) in [6.07, 6.45) is 2.83. The summed E-state index contributed by atoms with van der Waals surface area (Å²) in [4.78, 5) is 36.9. The summed E-state index contributed by atoms with van der Waals surface area (Å²) in [5.74, 6) is 1.42. The summed E-state index contributed by atoms with van der Waals surface area (Å²) in [6.45, 7) is 1.75. The van der Waals surface area contributed by atoms with Crippen LogP contribution in [0.4, 0.5) is 0 Å². The maximum atomic E-state index is 12.4. The Morgan fingerprint density at radius 1 is 1.11 bits per heavy atom. The minimum atomic E-state index is -0.799. The van der Waals surface area contributed by atoms with Gasteiger partial charge in [-0.2, -0.15) is 0 Å². The van der Waals surface area contributed by atoms with Crippen molar-refractivity contribution in [1.29, 1.82) is 0 Å². The van der Waals surface area contributed by atoms with Crippen molar-refractivity contribution in [3.63, 3.8) is 0 Å². The molecule has 0 radical (unpaired) electrons. The summed E-state index contributed by atoms with van der Waals surface area (Å²) in [5.41, 5.74) is -1.12. The number of amides is 1. The molecule has 0 aliphatic carbocycles. The Morgan fingerprint density at radius 2 is 1.89 bits per heavy atom. The minimum Gasteiger partial charge on any atom is -0.495 e. The molecule has 0 bridgehead atoms. The number of carbonyl (C=O) groups excluding carboxylic acids is 1. The predicted molar refractivity (Wildman–Crippen MR) is 98.1 cm³/mol. The minimum absolute atomic E-state index is 0.208. The Labute approximate surface area is 154 Å². The molecule has 2 aromatic heterocycles. The zero-order valence-electron chi connectivity index (χ0n) is 15.0. The van der Waals surface area contributed by atoms with Crippen LogP contribution in [0.15, 0.2) is 62.8 Å². The molecule has 0 spiro atoms. The van der Waals surface area contributed by atoms with Crippen LogP contribution in [0.5, 0.6) is 5.75 Å². The first-order valence-corrected chi connectivity index (χ1v) is 8.27. The number of methoxy groups -OCH3 is 1. The van der Waals surface area contributed by atoms with E-state index in [0.717, 1.165) is 10.3 Å². The number of nitrogens with zero attached hydrogens (tertiary/aromatic N) is 2. The largest absolute Gasteiger partial charge is 0.495 e. The lowest BCUT2D eigenvalue weighted by atomic mass is 10.3. The molecule has 140 valence electrons. The van der Waals surface area contributed by atoms with E-state index >= 15 is 0 Å². The van der Waals surface area contributed by atoms with E-state index in [1.54, 1.807) is 36.4 Å². The van der Waals surface area contributed by atoms with Crippen LogP contribution in [-0.2, 0) is 17.9 Å². The quantitative estimate of drug-likeness (QED) is 0.660. The smallest absolute Gasteiger partial charge is 0.321 e. The average molecular weight is 369 g/mol. The molecule has 1 N–H and O–H groups in total. The molecule has 0 saturated carbocycles. The summed E-state index contributed by atoms with van der Waals surface area (Å²) in [5, 5.41) is 2.65. The molecule has 0 aliphatic heterocycles. The summed E-state index contributed by atoms with van der Waals surface area (Å²) >= 11 is 0. The van der Waals surface area contributed by atoms with E-state index in [2.05, 4.69) is 5.32 Å². The average Bonchev–Trinajstić information content (AvgIpc) is 3.09. The van der Waals surface area contributed by atoms with Crippen molar-refractivity contribution >= 4 is 5.91 Å². The van der Waals surface area contributed by atoms with Crippen LogP contribution in [0.1, 0.15) is 11.5 Å². The normalized spacial score (nSPS) is 10.6. The van der Waals surface area contributed by atoms with Crippen molar-refractivity contribution in [1.82, 2.24) is 14.5 Å². The molecule has 8 heteroatoms. The molecule has 3 aromatic rings. The van der Waals surface area contributed by atoms with Crippen molar-refractivity contribution in [3.05, 3.63) is 81.0 Å². The second kappa shape index (κ2) is 7.77. The number of rotatable bonds is 6. The van der Waals surface area contributed by atoms with E-state index in [9.17, 15) is 14.4 Å². The number of aromatic nitrogens is 2. The highest BCUT2D eigenvalue weighted by molar-refractivity contribution is 5.75. The number of carbonyl (C=O) groups is 1. The highest BCUT2D eigenvalue weighted by Crippen LogP contribution is 2.19. The maximum Gasteiger partial charge on any atom is 0.321 e. The number of hydrogen-bond donors (Lipinski definition) is 1. The topological polar surface area (TPSA) is 95.5 Å². The third-order valence-electron chi connectivity index (χ3n) is 3.97. The second-order valence-electron chi connectivity index (χ2n) is 5.87. The first kappa shape index (κ1) is 18.2. The highest BCUT2D eigenvalue weighted by Gasteiger charge is 2.12. The molecular weight excluding hydrogens is 350 g/mol. The van der Waals surface area contributed by atoms with Gasteiger partial charge in [-0.15, -0.1) is 0 Å². The van der Waals surface area contributed by atoms with E-state index in [-0.39, 0.29) is 13.1 Å². The lowest BCUT2D eigenvalue weighted by Crippen LogP contribution is -2.42.